The third-order valence-corrected chi connectivity index (χ3v) is 6.29. The molecule has 0 aromatic rings. The molecule has 26 heavy (non-hydrogen) atoms. The number of aliphatic hydroxyl groups excluding tert-OH is 1. The lowest BCUT2D eigenvalue weighted by Crippen LogP contribution is -2.23. The van der Waals surface area contributed by atoms with Gasteiger partial charge in [-0.2, -0.15) is 0 Å². The molecular formula is C23H41NO2. The van der Waals surface area contributed by atoms with Gasteiger partial charge in [-0.1, -0.05) is 43.6 Å². The van der Waals surface area contributed by atoms with Crippen LogP contribution in [0.5, 0.6) is 0 Å². The van der Waals surface area contributed by atoms with Gasteiger partial charge in [0, 0.05) is 5.92 Å². The summed E-state index contributed by atoms with van der Waals surface area (Å²) < 4.78 is 0. The molecule has 2 aliphatic carbocycles. The molecule has 0 saturated heterocycles. The van der Waals surface area contributed by atoms with E-state index < -0.39 is 5.60 Å². The maximum absolute atomic E-state index is 10.5. The highest BCUT2D eigenvalue weighted by Gasteiger charge is 2.43. The minimum Gasteiger partial charge on any atom is -0.392 e. The monoisotopic (exact) mass is 363 g/mol. The number of aliphatic hydroxyl groups is 2. The Labute approximate surface area is 161 Å². The van der Waals surface area contributed by atoms with Crippen molar-refractivity contribution in [3.05, 3.63) is 23.8 Å². The van der Waals surface area contributed by atoms with Crippen LogP contribution in [0.3, 0.4) is 0 Å². The molecule has 2 aliphatic rings. The van der Waals surface area contributed by atoms with Crippen LogP contribution in [0.15, 0.2) is 23.8 Å². The maximum atomic E-state index is 10.5. The van der Waals surface area contributed by atoms with E-state index in [1.165, 1.54) is 25.8 Å². The van der Waals surface area contributed by atoms with Crippen molar-refractivity contribution in [2.24, 2.45) is 17.8 Å². The van der Waals surface area contributed by atoms with Gasteiger partial charge in [0.25, 0.3) is 0 Å². The summed E-state index contributed by atoms with van der Waals surface area (Å²) in [6.45, 7) is 5.26. The fraction of sp³-hybridized carbons (Fsp3) is 0.826. The van der Waals surface area contributed by atoms with Crippen LogP contribution < -0.4 is 0 Å². The zero-order valence-electron chi connectivity index (χ0n) is 17.5. The zero-order chi connectivity index (χ0) is 19.2. The molecule has 0 aliphatic heterocycles. The summed E-state index contributed by atoms with van der Waals surface area (Å²) in [6.07, 6.45) is 16.1. The van der Waals surface area contributed by atoms with E-state index in [0.29, 0.717) is 18.3 Å². The van der Waals surface area contributed by atoms with Crippen molar-refractivity contribution in [1.82, 2.24) is 4.90 Å². The first-order chi connectivity index (χ1) is 12.3. The summed E-state index contributed by atoms with van der Waals surface area (Å²) in [5.41, 5.74) is 1.00. The minimum absolute atomic E-state index is 0.214. The molecule has 0 spiro atoms. The average molecular weight is 364 g/mol. The number of allylic oxidation sites excluding steroid dienone is 2. The van der Waals surface area contributed by atoms with Crippen molar-refractivity contribution in [3.63, 3.8) is 0 Å². The van der Waals surface area contributed by atoms with Gasteiger partial charge in [0.1, 0.15) is 0 Å². The summed E-state index contributed by atoms with van der Waals surface area (Å²) in [7, 11) is 4.27. The smallest absolute Gasteiger partial charge is 0.0654 e. The first-order valence-electron chi connectivity index (χ1n) is 10.7. The number of hydrogen-bond acceptors (Lipinski definition) is 3. The topological polar surface area (TPSA) is 43.7 Å². The Kier molecular flexibility index (Phi) is 8.38. The van der Waals surface area contributed by atoms with E-state index in [-0.39, 0.29) is 12.0 Å². The van der Waals surface area contributed by atoms with E-state index in [0.717, 1.165) is 32.1 Å². The second-order valence-corrected chi connectivity index (χ2v) is 9.23. The fourth-order valence-corrected chi connectivity index (χ4v) is 4.71. The average Bonchev–Trinajstić information content (AvgIpc) is 3.07. The standard InChI is InChI=1S/C23H41NO2/c1-5-6-12-23(2,26)13-9-11-20-21-16-18(10-7-8-14-24(3)4)15-19(21)17-22(20)25/h9,11,15,19-22,25-26H,5-8,10,12-14,16-17H2,1-4H3/t19-,20+,21-,22+,23-/m0/s1. The Morgan fingerprint density at radius 2 is 2.04 bits per heavy atom. The second kappa shape index (κ2) is 10.1. The Balaban J connectivity index is 1.80. The molecule has 5 atom stereocenters. The fourth-order valence-electron chi connectivity index (χ4n) is 4.71. The van der Waals surface area contributed by atoms with E-state index in [2.05, 4.69) is 44.1 Å². The lowest BCUT2D eigenvalue weighted by Gasteiger charge is -2.22. The van der Waals surface area contributed by atoms with E-state index in [4.69, 9.17) is 0 Å². The summed E-state index contributed by atoms with van der Waals surface area (Å²) >= 11 is 0. The Morgan fingerprint density at radius 3 is 2.73 bits per heavy atom. The van der Waals surface area contributed by atoms with E-state index in [1.807, 2.05) is 6.92 Å². The van der Waals surface area contributed by atoms with Crippen LogP contribution >= 0.6 is 0 Å². The molecule has 0 heterocycles. The first-order valence-corrected chi connectivity index (χ1v) is 10.7. The third-order valence-electron chi connectivity index (χ3n) is 6.29. The molecule has 0 radical (unpaired) electrons. The van der Waals surface area contributed by atoms with Crippen molar-refractivity contribution in [2.45, 2.75) is 83.3 Å². The summed E-state index contributed by atoms with van der Waals surface area (Å²) in [4.78, 5) is 2.25. The number of fused-ring (bicyclic) bond motifs is 1. The van der Waals surface area contributed by atoms with E-state index in [9.17, 15) is 10.2 Å². The molecule has 1 fully saturated rings. The summed E-state index contributed by atoms with van der Waals surface area (Å²) in [5, 5.41) is 20.9. The van der Waals surface area contributed by atoms with Crippen LogP contribution in [0.25, 0.3) is 0 Å². The van der Waals surface area contributed by atoms with E-state index in [1.54, 1.807) is 5.57 Å². The zero-order valence-corrected chi connectivity index (χ0v) is 17.5. The lowest BCUT2D eigenvalue weighted by molar-refractivity contribution is 0.0513. The number of hydrogen-bond donors (Lipinski definition) is 2. The summed E-state index contributed by atoms with van der Waals surface area (Å²) in [5.74, 6) is 1.40. The Hall–Kier alpha value is -0.640. The predicted octanol–water partition coefficient (Wildman–Crippen LogP) is 4.55. The van der Waals surface area contributed by atoms with Gasteiger partial charge in [0.05, 0.1) is 11.7 Å². The Bertz CT molecular complexity index is 481. The SMILES string of the molecule is CCCC[C@](C)(O)CC=C[C@@H]1[C@H]2CC(CCCCN(C)C)=C[C@H]2C[C@H]1O. The van der Waals surface area contributed by atoms with Crippen molar-refractivity contribution in [3.8, 4) is 0 Å². The predicted molar refractivity (Wildman–Crippen MR) is 110 cm³/mol. The molecule has 150 valence electrons. The van der Waals surface area contributed by atoms with Gasteiger partial charge >= 0.3 is 0 Å². The van der Waals surface area contributed by atoms with Crippen LogP contribution in [0, 0.1) is 17.8 Å². The largest absolute Gasteiger partial charge is 0.392 e. The minimum atomic E-state index is -0.610. The molecule has 0 aromatic carbocycles. The lowest BCUT2D eigenvalue weighted by atomic mass is 9.87. The van der Waals surface area contributed by atoms with Crippen LogP contribution in [0.4, 0.5) is 0 Å². The van der Waals surface area contributed by atoms with Crippen LogP contribution in [0.1, 0.15) is 71.6 Å². The van der Waals surface area contributed by atoms with Gasteiger partial charge in [-0.15, -0.1) is 0 Å². The second-order valence-electron chi connectivity index (χ2n) is 9.23. The summed E-state index contributed by atoms with van der Waals surface area (Å²) in [6, 6.07) is 0. The molecule has 0 aromatic heterocycles. The van der Waals surface area contributed by atoms with Gasteiger partial charge in [-0.3, -0.25) is 0 Å². The van der Waals surface area contributed by atoms with Crippen LogP contribution in [0.2, 0.25) is 0 Å². The number of nitrogens with zero attached hydrogens (tertiary/aromatic N) is 1. The van der Waals surface area contributed by atoms with E-state index >= 15 is 0 Å². The van der Waals surface area contributed by atoms with Gasteiger partial charge in [-0.05, 0) is 84.3 Å². The van der Waals surface area contributed by atoms with Gasteiger partial charge < -0.3 is 15.1 Å². The van der Waals surface area contributed by atoms with Crippen molar-refractivity contribution in [2.75, 3.05) is 20.6 Å². The first kappa shape index (κ1) is 21.7. The van der Waals surface area contributed by atoms with Gasteiger partial charge in [0.15, 0.2) is 0 Å². The van der Waals surface area contributed by atoms with Crippen molar-refractivity contribution < 1.29 is 10.2 Å². The molecule has 0 amide bonds. The quantitative estimate of drug-likeness (QED) is 0.418. The normalized spacial score (nSPS) is 30.8. The molecule has 1 saturated carbocycles. The van der Waals surface area contributed by atoms with Crippen molar-refractivity contribution in [1.29, 1.82) is 0 Å². The number of rotatable bonds is 11. The molecule has 0 unspecified atom stereocenters. The van der Waals surface area contributed by atoms with Crippen LogP contribution in [-0.4, -0.2) is 47.5 Å². The highest BCUT2D eigenvalue weighted by Crippen LogP contribution is 2.48. The molecule has 3 nitrogen and oxygen atoms in total. The molecule has 3 heteroatoms. The number of unbranched alkanes of at least 4 members (excludes halogenated alkanes) is 2. The highest BCUT2D eigenvalue weighted by molar-refractivity contribution is 5.20. The maximum Gasteiger partial charge on any atom is 0.0654 e. The third kappa shape index (κ3) is 6.51. The Morgan fingerprint density at radius 1 is 1.27 bits per heavy atom. The molecule has 0 bridgehead atoms. The highest BCUT2D eigenvalue weighted by atomic mass is 16.3. The van der Waals surface area contributed by atoms with Crippen LogP contribution in [-0.2, 0) is 0 Å². The molecule has 2 rings (SSSR count). The van der Waals surface area contributed by atoms with Gasteiger partial charge in [0.2, 0.25) is 0 Å². The van der Waals surface area contributed by atoms with Crippen molar-refractivity contribution >= 4 is 0 Å². The van der Waals surface area contributed by atoms with Gasteiger partial charge in [-0.25, -0.2) is 0 Å². The molecule has 2 N–H and O–H groups in total. The molecular weight excluding hydrogens is 322 g/mol.